The topological polar surface area (TPSA) is 137 Å². The first-order chi connectivity index (χ1) is 20.3. The molecule has 3 N–H and O–H groups in total. The zero-order valence-electron chi connectivity index (χ0n) is 25.5. The molecule has 2 unspecified atom stereocenters. The summed E-state index contributed by atoms with van der Waals surface area (Å²) in [6.07, 6.45) is 3.54. The van der Waals surface area contributed by atoms with Gasteiger partial charge in [0.25, 0.3) is 5.91 Å². The van der Waals surface area contributed by atoms with Gasteiger partial charge >= 0.3 is 16.2 Å². The van der Waals surface area contributed by atoms with Crippen LogP contribution in [0.15, 0.2) is 30.3 Å². The number of fused-ring (bicyclic) bond motifs is 2. The number of carbonyl (C=O) groups is 2. The molecule has 12 heteroatoms. The minimum atomic E-state index is -3.92. The van der Waals surface area contributed by atoms with E-state index in [1.807, 2.05) is 18.2 Å². The molecule has 1 saturated heterocycles. The van der Waals surface area contributed by atoms with Gasteiger partial charge in [-0.2, -0.15) is 8.42 Å². The molecule has 3 heterocycles. The molecule has 1 amide bonds. The van der Waals surface area contributed by atoms with E-state index >= 15 is 0 Å². The first-order valence-electron chi connectivity index (χ1n) is 14.6. The molecule has 3 aromatic rings. The van der Waals surface area contributed by atoms with Crippen molar-refractivity contribution in [2.45, 2.75) is 71.2 Å². The Labute approximate surface area is 252 Å². The van der Waals surface area contributed by atoms with E-state index in [2.05, 4.69) is 28.9 Å². The predicted octanol–water partition coefficient (Wildman–Crippen LogP) is 4.47. The molecular formula is C31H40N4O7S. The first kappa shape index (κ1) is 30.8. The van der Waals surface area contributed by atoms with Gasteiger partial charge in [0.15, 0.2) is 11.5 Å². The Morgan fingerprint density at radius 3 is 2.60 bits per heavy atom. The summed E-state index contributed by atoms with van der Waals surface area (Å²) in [5.41, 5.74) is 2.27. The van der Waals surface area contributed by atoms with Gasteiger partial charge in [-0.25, -0.2) is 9.36 Å². The minimum Gasteiger partial charge on any atom is -0.493 e. The van der Waals surface area contributed by atoms with Gasteiger partial charge in [0.05, 0.1) is 30.1 Å². The lowest BCUT2D eigenvalue weighted by atomic mass is 9.98. The number of aromatic nitrogens is 1. The Balaban J connectivity index is 1.67. The highest BCUT2D eigenvalue weighted by Crippen LogP contribution is 2.44. The second-order valence-electron chi connectivity index (χ2n) is 12.1. The number of rotatable bonds is 9. The standard InChI is InChI=1S/C31H40N4O7S/c1-7-23(33-16-20-9-8-12-32-20)18-10-11-24-19(13-18)14-25(35(24)30(37)41-31(2,3)4)21-15-26(40-5)28(42-43(6,38)39)22-17-34-29(36)27(21)22/h10-11,13-15,20,23,32-33H,7-9,12,16-17H2,1-6H3,(H,34,36). The molecule has 43 heavy (non-hydrogen) atoms. The SMILES string of the molecule is CCC(NCC1CCCN1)c1ccc2c(c1)cc(-c1cc(OC)c(OS(C)(=O)=O)c3c1C(=O)NC3)n2C(=O)OC(C)(C)C. The van der Waals surface area contributed by atoms with Crippen molar-refractivity contribution in [1.82, 2.24) is 20.5 Å². The van der Waals surface area contributed by atoms with Gasteiger partial charge in [-0.15, -0.1) is 0 Å². The monoisotopic (exact) mass is 612 g/mol. The van der Waals surface area contributed by atoms with Crippen molar-refractivity contribution in [3.63, 3.8) is 0 Å². The van der Waals surface area contributed by atoms with Gasteiger partial charge in [0.1, 0.15) is 5.60 Å². The van der Waals surface area contributed by atoms with Gasteiger partial charge in [-0.1, -0.05) is 13.0 Å². The molecule has 2 aliphatic heterocycles. The van der Waals surface area contributed by atoms with Crippen LogP contribution in [0.25, 0.3) is 22.2 Å². The number of methoxy groups -OCH3 is 1. The fourth-order valence-electron chi connectivity index (χ4n) is 5.84. The first-order valence-corrected chi connectivity index (χ1v) is 16.4. The quantitative estimate of drug-likeness (QED) is 0.299. The van der Waals surface area contributed by atoms with Crippen LogP contribution in [-0.4, -0.2) is 63.1 Å². The van der Waals surface area contributed by atoms with E-state index in [-0.39, 0.29) is 29.6 Å². The Bertz CT molecular complexity index is 1670. The van der Waals surface area contributed by atoms with Gasteiger partial charge in [-0.3, -0.25) is 4.79 Å². The summed E-state index contributed by atoms with van der Waals surface area (Å²) in [6.45, 7) is 9.45. The van der Waals surface area contributed by atoms with Crippen LogP contribution in [-0.2, 0) is 21.4 Å². The van der Waals surface area contributed by atoms with E-state index in [1.165, 1.54) is 24.2 Å². The summed E-state index contributed by atoms with van der Waals surface area (Å²) in [6, 6.07) is 9.92. The molecular weight excluding hydrogens is 572 g/mol. The highest BCUT2D eigenvalue weighted by atomic mass is 32.2. The molecule has 0 aliphatic carbocycles. The van der Waals surface area contributed by atoms with Crippen LogP contribution >= 0.6 is 0 Å². The van der Waals surface area contributed by atoms with E-state index in [0.29, 0.717) is 28.4 Å². The molecule has 5 rings (SSSR count). The Morgan fingerprint density at radius 1 is 1.21 bits per heavy atom. The van der Waals surface area contributed by atoms with E-state index < -0.39 is 27.7 Å². The average Bonchev–Trinajstić information content (AvgIpc) is 3.66. The fraction of sp³-hybridized carbons (Fsp3) is 0.484. The molecule has 11 nitrogen and oxygen atoms in total. The van der Waals surface area contributed by atoms with Crippen molar-refractivity contribution in [2.75, 3.05) is 26.5 Å². The van der Waals surface area contributed by atoms with Crippen molar-refractivity contribution >= 4 is 33.0 Å². The van der Waals surface area contributed by atoms with Crippen LogP contribution < -0.4 is 24.9 Å². The summed E-state index contributed by atoms with van der Waals surface area (Å²) in [5, 5.41) is 10.8. The van der Waals surface area contributed by atoms with Gasteiger partial charge in [0, 0.05) is 41.7 Å². The van der Waals surface area contributed by atoms with Crippen LogP contribution in [0.3, 0.4) is 0 Å². The third kappa shape index (κ3) is 6.51. The summed E-state index contributed by atoms with van der Waals surface area (Å²) >= 11 is 0. The van der Waals surface area contributed by atoms with Gasteiger partial charge < -0.3 is 29.6 Å². The molecule has 0 saturated carbocycles. The molecule has 232 valence electrons. The van der Waals surface area contributed by atoms with Crippen LogP contribution in [0.4, 0.5) is 4.79 Å². The maximum absolute atomic E-state index is 13.7. The van der Waals surface area contributed by atoms with E-state index in [1.54, 1.807) is 20.8 Å². The summed E-state index contributed by atoms with van der Waals surface area (Å²) in [5.74, 6) is -0.352. The zero-order valence-corrected chi connectivity index (χ0v) is 26.3. The van der Waals surface area contributed by atoms with Gasteiger partial charge in [-0.05, 0) is 76.4 Å². The molecule has 1 fully saturated rings. The van der Waals surface area contributed by atoms with Crippen molar-refractivity contribution in [3.05, 3.63) is 47.0 Å². The predicted molar refractivity (Wildman–Crippen MR) is 164 cm³/mol. The number of nitrogens with zero attached hydrogens (tertiary/aromatic N) is 1. The third-order valence-electron chi connectivity index (χ3n) is 7.71. The maximum Gasteiger partial charge on any atom is 0.419 e. The highest BCUT2D eigenvalue weighted by Gasteiger charge is 2.34. The lowest BCUT2D eigenvalue weighted by Gasteiger charge is -2.22. The Kier molecular flexibility index (Phi) is 8.47. The second-order valence-corrected chi connectivity index (χ2v) is 13.7. The van der Waals surface area contributed by atoms with Crippen LogP contribution in [0.5, 0.6) is 11.5 Å². The molecule has 1 aromatic heterocycles. The molecule has 0 spiro atoms. The number of amides is 1. The number of hydrogen-bond acceptors (Lipinski definition) is 9. The van der Waals surface area contributed by atoms with Gasteiger partial charge in [0.2, 0.25) is 0 Å². The van der Waals surface area contributed by atoms with Crippen molar-refractivity contribution in [3.8, 4) is 22.8 Å². The zero-order chi connectivity index (χ0) is 31.1. The van der Waals surface area contributed by atoms with Crippen molar-refractivity contribution in [2.24, 2.45) is 0 Å². The minimum absolute atomic E-state index is 0.0414. The number of ether oxygens (including phenoxy) is 2. The van der Waals surface area contributed by atoms with E-state index in [4.69, 9.17) is 13.7 Å². The van der Waals surface area contributed by atoms with Crippen LogP contribution in [0.1, 0.15) is 74.5 Å². The van der Waals surface area contributed by atoms with Crippen LogP contribution in [0.2, 0.25) is 0 Å². The summed E-state index contributed by atoms with van der Waals surface area (Å²) in [7, 11) is -2.53. The fourth-order valence-corrected chi connectivity index (χ4v) is 6.33. The lowest BCUT2D eigenvalue weighted by molar-refractivity contribution is 0.0546. The maximum atomic E-state index is 13.7. The largest absolute Gasteiger partial charge is 0.493 e. The number of nitrogens with one attached hydrogen (secondary N) is 3. The third-order valence-corrected chi connectivity index (χ3v) is 8.18. The Hall–Kier alpha value is -3.61. The van der Waals surface area contributed by atoms with E-state index in [9.17, 15) is 18.0 Å². The number of hydrogen-bond donors (Lipinski definition) is 3. The highest BCUT2D eigenvalue weighted by molar-refractivity contribution is 7.86. The molecule has 2 aromatic carbocycles. The molecule has 0 radical (unpaired) electrons. The Morgan fingerprint density at radius 2 is 1.98 bits per heavy atom. The van der Waals surface area contributed by atoms with E-state index in [0.717, 1.165) is 43.1 Å². The second kappa shape index (κ2) is 11.8. The lowest BCUT2D eigenvalue weighted by Crippen LogP contribution is -2.35. The van der Waals surface area contributed by atoms with Crippen molar-refractivity contribution < 1.29 is 31.7 Å². The molecule has 2 atom stereocenters. The normalized spacial score (nSPS) is 17.5. The average molecular weight is 613 g/mol. The number of carbonyl (C=O) groups excluding carboxylic acids is 2. The molecule has 2 aliphatic rings. The summed E-state index contributed by atoms with van der Waals surface area (Å²) in [4.78, 5) is 26.9. The van der Waals surface area contributed by atoms with Crippen molar-refractivity contribution in [1.29, 1.82) is 0 Å². The smallest absolute Gasteiger partial charge is 0.419 e. The summed E-state index contributed by atoms with van der Waals surface area (Å²) < 4.78 is 42.2. The molecule has 0 bridgehead atoms. The van der Waals surface area contributed by atoms with Crippen LogP contribution in [0, 0.1) is 0 Å². The number of benzene rings is 2.